The fourth-order valence-electron chi connectivity index (χ4n) is 3.81. The molecule has 18 heavy (non-hydrogen) atoms. The van der Waals surface area contributed by atoms with Crippen molar-refractivity contribution in [3.63, 3.8) is 0 Å². The molecule has 0 bridgehead atoms. The van der Waals surface area contributed by atoms with E-state index >= 15 is 0 Å². The summed E-state index contributed by atoms with van der Waals surface area (Å²) in [6, 6.07) is 0. The summed E-state index contributed by atoms with van der Waals surface area (Å²) in [5.41, 5.74) is 1.06. The van der Waals surface area contributed by atoms with E-state index in [1.165, 1.54) is 25.8 Å². The van der Waals surface area contributed by atoms with Crippen molar-refractivity contribution < 1.29 is 0 Å². The topological polar surface area (TPSA) is 12.0 Å². The Morgan fingerprint density at radius 1 is 1.28 bits per heavy atom. The van der Waals surface area contributed by atoms with E-state index in [2.05, 4.69) is 52.1 Å². The lowest BCUT2D eigenvalue weighted by atomic mass is 9.64. The van der Waals surface area contributed by atoms with Gasteiger partial charge in [-0.25, -0.2) is 0 Å². The van der Waals surface area contributed by atoms with Crippen molar-refractivity contribution in [2.75, 3.05) is 13.1 Å². The summed E-state index contributed by atoms with van der Waals surface area (Å²) in [6.07, 6.45) is 9.22. The molecule has 0 aromatic rings. The molecule has 1 N–H and O–H groups in total. The third-order valence-corrected chi connectivity index (χ3v) is 5.69. The second-order valence-corrected chi connectivity index (χ2v) is 7.46. The molecule has 0 radical (unpaired) electrons. The van der Waals surface area contributed by atoms with Crippen LogP contribution in [0.15, 0.2) is 12.2 Å². The zero-order valence-electron chi connectivity index (χ0n) is 12.9. The van der Waals surface area contributed by atoms with Crippen molar-refractivity contribution in [3.05, 3.63) is 12.2 Å². The Balaban J connectivity index is 1.97. The molecule has 0 aromatic carbocycles. The molecule has 0 aromatic heterocycles. The van der Waals surface area contributed by atoms with Gasteiger partial charge >= 0.3 is 0 Å². The second kappa shape index (κ2) is 5.00. The van der Waals surface area contributed by atoms with Crippen molar-refractivity contribution in [1.29, 1.82) is 0 Å². The van der Waals surface area contributed by atoms with Crippen LogP contribution in [0.25, 0.3) is 0 Å². The molecular formula is C17H31N. The minimum atomic E-state index is 0.469. The van der Waals surface area contributed by atoms with E-state index in [4.69, 9.17) is 0 Å². The van der Waals surface area contributed by atoms with E-state index in [0.717, 1.165) is 24.3 Å². The number of allylic oxidation sites excluding steroid dienone is 2. The number of rotatable bonds is 6. The Labute approximate surface area is 113 Å². The molecule has 2 aliphatic carbocycles. The van der Waals surface area contributed by atoms with Gasteiger partial charge < -0.3 is 5.32 Å². The second-order valence-electron chi connectivity index (χ2n) is 7.46. The van der Waals surface area contributed by atoms with Crippen molar-refractivity contribution in [2.24, 2.45) is 28.6 Å². The molecule has 3 atom stereocenters. The van der Waals surface area contributed by atoms with Crippen LogP contribution in [0.4, 0.5) is 0 Å². The van der Waals surface area contributed by atoms with Crippen molar-refractivity contribution in [1.82, 2.24) is 5.32 Å². The van der Waals surface area contributed by atoms with Gasteiger partial charge in [0.25, 0.3) is 0 Å². The Morgan fingerprint density at radius 3 is 2.39 bits per heavy atom. The lowest BCUT2D eigenvalue weighted by Gasteiger charge is -2.41. The first kappa shape index (κ1) is 14.1. The third-order valence-electron chi connectivity index (χ3n) is 5.69. The summed E-state index contributed by atoms with van der Waals surface area (Å²) in [5, 5.41) is 3.64. The van der Waals surface area contributed by atoms with E-state index in [1.807, 2.05) is 0 Å². The highest BCUT2D eigenvalue weighted by molar-refractivity contribution is 5.22. The van der Waals surface area contributed by atoms with Gasteiger partial charge in [0, 0.05) is 0 Å². The SMILES string of the molecule is CC(C)CNCCC1(C2(C)CC2)C=CC(C)C1C. The Morgan fingerprint density at radius 2 is 1.94 bits per heavy atom. The molecule has 1 fully saturated rings. The molecule has 1 heteroatoms. The molecule has 2 rings (SSSR count). The normalized spacial score (nSPS) is 37.4. The first-order valence-corrected chi connectivity index (χ1v) is 7.81. The first-order valence-electron chi connectivity index (χ1n) is 7.81. The summed E-state index contributed by atoms with van der Waals surface area (Å²) >= 11 is 0. The van der Waals surface area contributed by atoms with Crippen LogP contribution in [0.5, 0.6) is 0 Å². The average molecular weight is 249 g/mol. The predicted molar refractivity (Wildman–Crippen MR) is 79.6 cm³/mol. The van der Waals surface area contributed by atoms with Gasteiger partial charge in [0.2, 0.25) is 0 Å². The highest BCUT2D eigenvalue weighted by atomic mass is 14.9. The van der Waals surface area contributed by atoms with Crippen molar-refractivity contribution in [3.8, 4) is 0 Å². The zero-order chi connectivity index (χ0) is 13.4. The molecule has 3 unspecified atom stereocenters. The fourth-order valence-corrected chi connectivity index (χ4v) is 3.81. The van der Waals surface area contributed by atoms with Crippen LogP contribution in [-0.4, -0.2) is 13.1 Å². The molecule has 0 saturated heterocycles. The van der Waals surface area contributed by atoms with E-state index in [-0.39, 0.29) is 0 Å². The Hall–Kier alpha value is -0.300. The first-order chi connectivity index (χ1) is 8.41. The van der Waals surface area contributed by atoms with Gasteiger partial charge in [-0.1, -0.05) is 46.8 Å². The lowest BCUT2D eigenvalue weighted by molar-refractivity contribution is 0.113. The monoisotopic (exact) mass is 249 g/mol. The zero-order valence-corrected chi connectivity index (χ0v) is 12.9. The molecule has 0 aliphatic heterocycles. The van der Waals surface area contributed by atoms with Gasteiger partial charge in [0.15, 0.2) is 0 Å². The van der Waals surface area contributed by atoms with Gasteiger partial charge in [-0.05, 0) is 60.9 Å². The highest BCUT2D eigenvalue weighted by Crippen LogP contribution is 2.66. The molecule has 0 spiro atoms. The average Bonchev–Trinajstić information content (AvgIpc) is 2.99. The largest absolute Gasteiger partial charge is 0.316 e. The van der Waals surface area contributed by atoms with E-state index in [0.29, 0.717) is 10.8 Å². The van der Waals surface area contributed by atoms with Crippen LogP contribution >= 0.6 is 0 Å². The van der Waals surface area contributed by atoms with Crippen LogP contribution in [-0.2, 0) is 0 Å². The van der Waals surface area contributed by atoms with Crippen molar-refractivity contribution >= 4 is 0 Å². The summed E-state index contributed by atoms with van der Waals surface area (Å²) in [6.45, 7) is 14.3. The van der Waals surface area contributed by atoms with Gasteiger partial charge in [-0.2, -0.15) is 0 Å². The maximum absolute atomic E-state index is 3.64. The van der Waals surface area contributed by atoms with Crippen LogP contribution in [0, 0.1) is 28.6 Å². The maximum Gasteiger partial charge on any atom is -0.00212 e. The number of hydrogen-bond acceptors (Lipinski definition) is 1. The van der Waals surface area contributed by atoms with Gasteiger partial charge in [-0.3, -0.25) is 0 Å². The molecule has 1 saturated carbocycles. The highest BCUT2D eigenvalue weighted by Gasteiger charge is 2.58. The summed E-state index contributed by atoms with van der Waals surface area (Å²) in [4.78, 5) is 0. The molecule has 104 valence electrons. The van der Waals surface area contributed by atoms with E-state index < -0.39 is 0 Å². The van der Waals surface area contributed by atoms with Crippen LogP contribution in [0.2, 0.25) is 0 Å². The predicted octanol–water partition coefficient (Wildman–Crippen LogP) is 4.25. The third kappa shape index (κ3) is 2.39. The minimum absolute atomic E-state index is 0.469. The smallest absolute Gasteiger partial charge is 0.00212 e. The molecule has 2 aliphatic rings. The van der Waals surface area contributed by atoms with Gasteiger partial charge in [-0.15, -0.1) is 0 Å². The number of hydrogen-bond donors (Lipinski definition) is 1. The molecule has 0 amide bonds. The minimum Gasteiger partial charge on any atom is -0.316 e. The Bertz CT molecular complexity index is 314. The quantitative estimate of drug-likeness (QED) is 0.548. The molecule has 1 nitrogen and oxygen atoms in total. The van der Waals surface area contributed by atoms with Crippen LogP contribution in [0.3, 0.4) is 0 Å². The summed E-state index contributed by atoms with van der Waals surface area (Å²) in [5.74, 6) is 2.33. The maximum atomic E-state index is 3.64. The Kier molecular flexibility index (Phi) is 3.92. The lowest BCUT2D eigenvalue weighted by Crippen LogP contribution is -2.38. The van der Waals surface area contributed by atoms with Gasteiger partial charge in [0.1, 0.15) is 0 Å². The van der Waals surface area contributed by atoms with Gasteiger partial charge in [0.05, 0.1) is 0 Å². The standard InChI is InChI=1S/C17H31N/c1-13(2)12-18-11-10-17(16(5)8-9-16)7-6-14(3)15(17)4/h6-7,13-15,18H,8-12H2,1-5H3. The molecular weight excluding hydrogens is 218 g/mol. The fraction of sp³-hybridized carbons (Fsp3) is 0.882. The van der Waals surface area contributed by atoms with Crippen LogP contribution in [0.1, 0.15) is 53.9 Å². The van der Waals surface area contributed by atoms with Crippen LogP contribution < -0.4 is 5.32 Å². The molecule has 0 heterocycles. The summed E-state index contributed by atoms with van der Waals surface area (Å²) < 4.78 is 0. The van der Waals surface area contributed by atoms with E-state index in [9.17, 15) is 0 Å². The van der Waals surface area contributed by atoms with Crippen molar-refractivity contribution in [2.45, 2.75) is 53.9 Å². The number of nitrogens with one attached hydrogen (secondary N) is 1. The summed E-state index contributed by atoms with van der Waals surface area (Å²) in [7, 11) is 0. The van der Waals surface area contributed by atoms with E-state index in [1.54, 1.807) is 0 Å².